The highest BCUT2D eigenvalue weighted by molar-refractivity contribution is 7.89. The molecule has 2 heterocycles. The van der Waals surface area contributed by atoms with Gasteiger partial charge in [-0.15, -0.1) is 0 Å². The molecule has 3 aromatic rings. The molecule has 0 saturated carbocycles. The number of aromatic nitrogens is 2. The van der Waals surface area contributed by atoms with E-state index in [-0.39, 0.29) is 22.9 Å². The number of imidazole rings is 1. The van der Waals surface area contributed by atoms with Crippen molar-refractivity contribution in [3.8, 4) is 0 Å². The molecule has 164 valence electrons. The van der Waals surface area contributed by atoms with Gasteiger partial charge in [0.25, 0.3) is 0 Å². The Balaban J connectivity index is 1.50. The van der Waals surface area contributed by atoms with Crippen molar-refractivity contribution in [2.75, 3.05) is 18.4 Å². The number of rotatable bonds is 6. The minimum Gasteiger partial charge on any atom is -0.331 e. The molecule has 2 aromatic carbocycles. The van der Waals surface area contributed by atoms with Crippen LogP contribution in [0.2, 0.25) is 0 Å². The van der Waals surface area contributed by atoms with E-state index in [4.69, 9.17) is 0 Å². The van der Waals surface area contributed by atoms with Crippen molar-refractivity contribution in [2.24, 2.45) is 7.05 Å². The minimum atomic E-state index is -3.54. The standard InChI is InChI=1S/C22H25FN4O3S/c1-26-20-10-9-16(31(29,30)27-13-5-2-6-14-27)15-19(20)24-21(26)11-12-22(28)25-18-8-4-3-7-17(18)23/h3-4,7-10,15H,2,5-6,11-14H2,1H3,(H,25,28). The van der Waals surface area contributed by atoms with Gasteiger partial charge < -0.3 is 9.88 Å². The van der Waals surface area contributed by atoms with Crippen LogP contribution < -0.4 is 5.32 Å². The molecule has 1 saturated heterocycles. The highest BCUT2D eigenvalue weighted by atomic mass is 32.2. The largest absolute Gasteiger partial charge is 0.331 e. The summed E-state index contributed by atoms with van der Waals surface area (Å²) in [4.78, 5) is 17.0. The van der Waals surface area contributed by atoms with E-state index in [0.29, 0.717) is 30.9 Å². The molecule has 4 rings (SSSR count). The van der Waals surface area contributed by atoms with Crippen molar-refractivity contribution >= 4 is 32.7 Å². The van der Waals surface area contributed by atoms with Crippen LogP contribution in [0.5, 0.6) is 0 Å². The van der Waals surface area contributed by atoms with Crippen LogP contribution >= 0.6 is 0 Å². The lowest BCUT2D eigenvalue weighted by Crippen LogP contribution is -2.35. The maximum Gasteiger partial charge on any atom is 0.243 e. The molecule has 31 heavy (non-hydrogen) atoms. The molecule has 1 aliphatic heterocycles. The van der Waals surface area contributed by atoms with Gasteiger partial charge in [0, 0.05) is 33.0 Å². The van der Waals surface area contributed by atoms with Crippen molar-refractivity contribution < 1.29 is 17.6 Å². The number of amides is 1. The Morgan fingerprint density at radius 2 is 1.87 bits per heavy atom. The first-order valence-electron chi connectivity index (χ1n) is 10.4. The van der Waals surface area contributed by atoms with E-state index in [0.717, 1.165) is 24.8 Å². The van der Waals surface area contributed by atoms with Crippen molar-refractivity contribution in [1.29, 1.82) is 0 Å². The van der Waals surface area contributed by atoms with Gasteiger partial charge in [-0.1, -0.05) is 18.6 Å². The number of aryl methyl sites for hydroxylation is 2. The number of hydrogen-bond acceptors (Lipinski definition) is 4. The fraction of sp³-hybridized carbons (Fsp3) is 0.364. The number of benzene rings is 2. The summed E-state index contributed by atoms with van der Waals surface area (Å²) in [5.41, 5.74) is 1.51. The van der Waals surface area contributed by atoms with E-state index in [1.807, 2.05) is 11.6 Å². The number of piperidine rings is 1. The predicted octanol–water partition coefficient (Wildman–Crippen LogP) is 3.46. The number of sulfonamides is 1. The number of nitrogens with zero attached hydrogens (tertiary/aromatic N) is 3. The van der Waals surface area contributed by atoms with Crippen LogP contribution in [0.25, 0.3) is 11.0 Å². The average Bonchev–Trinajstić information content (AvgIpc) is 3.09. The summed E-state index contributed by atoms with van der Waals surface area (Å²) in [6, 6.07) is 11.0. The Labute approximate surface area is 180 Å². The summed E-state index contributed by atoms with van der Waals surface area (Å²) >= 11 is 0. The Kier molecular flexibility index (Phi) is 6.06. The molecule has 9 heteroatoms. The van der Waals surface area contributed by atoms with Gasteiger partial charge in [-0.3, -0.25) is 4.79 Å². The summed E-state index contributed by atoms with van der Waals surface area (Å²) in [5.74, 6) is -0.141. The number of fused-ring (bicyclic) bond motifs is 1. The Hall–Kier alpha value is -2.78. The molecular weight excluding hydrogens is 419 g/mol. The third-order valence-corrected chi connectivity index (χ3v) is 7.52. The molecule has 0 unspecified atom stereocenters. The average molecular weight is 445 g/mol. The van der Waals surface area contributed by atoms with E-state index in [2.05, 4.69) is 10.3 Å². The molecule has 1 aromatic heterocycles. The highest BCUT2D eigenvalue weighted by Crippen LogP contribution is 2.25. The van der Waals surface area contributed by atoms with Gasteiger partial charge in [-0.2, -0.15) is 4.31 Å². The molecule has 1 aliphatic rings. The smallest absolute Gasteiger partial charge is 0.243 e. The summed E-state index contributed by atoms with van der Waals surface area (Å²) in [6.45, 7) is 1.09. The first-order valence-corrected chi connectivity index (χ1v) is 11.8. The fourth-order valence-corrected chi connectivity index (χ4v) is 5.41. The Morgan fingerprint density at radius 3 is 2.61 bits per heavy atom. The molecule has 0 spiro atoms. The Morgan fingerprint density at radius 1 is 1.13 bits per heavy atom. The first kappa shape index (κ1) is 21.5. The third kappa shape index (κ3) is 4.47. The van der Waals surface area contributed by atoms with Crippen molar-refractivity contribution in [2.45, 2.75) is 37.0 Å². The summed E-state index contributed by atoms with van der Waals surface area (Å²) < 4.78 is 43.0. The van der Waals surface area contributed by atoms with E-state index >= 15 is 0 Å². The second kappa shape index (κ2) is 8.76. The second-order valence-corrected chi connectivity index (χ2v) is 9.67. The molecular formula is C22H25FN4O3S. The van der Waals surface area contributed by atoms with Crippen LogP contribution in [-0.2, 0) is 28.3 Å². The monoisotopic (exact) mass is 444 g/mol. The maximum atomic E-state index is 13.7. The number of anilines is 1. The van der Waals surface area contributed by atoms with E-state index in [9.17, 15) is 17.6 Å². The number of carbonyl (C=O) groups is 1. The quantitative estimate of drug-likeness (QED) is 0.631. The topological polar surface area (TPSA) is 84.3 Å². The normalized spacial score (nSPS) is 15.3. The molecule has 1 N–H and O–H groups in total. The van der Waals surface area contributed by atoms with E-state index in [1.165, 1.54) is 16.4 Å². The van der Waals surface area contributed by atoms with Crippen molar-refractivity contribution in [3.05, 3.63) is 54.1 Å². The van der Waals surface area contributed by atoms with E-state index < -0.39 is 15.8 Å². The van der Waals surface area contributed by atoms with Gasteiger partial charge in [-0.25, -0.2) is 17.8 Å². The number of carbonyl (C=O) groups excluding carboxylic acids is 1. The van der Waals surface area contributed by atoms with E-state index in [1.54, 1.807) is 30.3 Å². The van der Waals surface area contributed by atoms with Crippen LogP contribution in [0.1, 0.15) is 31.5 Å². The van der Waals surface area contributed by atoms with Crippen LogP contribution in [0.4, 0.5) is 10.1 Å². The van der Waals surface area contributed by atoms with Crippen LogP contribution in [0, 0.1) is 5.82 Å². The van der Waals surface area contributed by atoms with Crippen LogP contribution in [-0.4, -0.2) is 41.3 Å². The summed E-state index contributed by atoms with van der Waals surface area (Å²) in [5, 5.41) is 2.56. The molecule has 1 fully saturated rings. The van der Waals surface area contributed by atoms with Gasteiger partial charge >= 0.3 is 0 Å². The summed E-state index contributed by atoms with van der Waals surface area (Å²) in [6.07, 6.45) is 3.29. The van der Waals surface area contributed by atoms with Crippen molar-refractivity contribution in [3.63, 3.8) is 0 Å². The van der Waals surface area contributed by atoms with Gasteiger partial charge in [0.1, 0.15) is 11.6 Å². The predicted molar refractivity (Wildman–Crippen MR) is 117 cm³/mol. The molecule has 7 nitrogen and oxygen atoms in total. The molecule has 0 aliphatic carbocycles. The number of hydrogen-bond donors (Lipinski definition) is 1. The van der Waals surface area contributed by atoms with Gasteiger partial charge in [0.05, 0.1) is 21.6 Å². The van der Waals surface area contributed by atoms with Crippen LogP contribution in [0.15, 0.2) is 47.4 Å². The minimum absolute atomic E-state index is 0.129. The van der Waals surface area contributed by atoms with Gasteiger partial charge in [0.2, 0.25) is 15.9 Å². The fourth-order valence-electron chi connectivity index (χ4n) is 3.87. The highest BCUT2D eigenvalue weighted by Gasteiger charge is 2.26. The number of nitrogens with one attached hydrogen (secondary N) is 1. The molecule has 0 bridgehead atoms. The van der Waals surface area contributed by atoms with Crippen molar-refractivity contribution in [1.82, 2.24) is 13.9 Å². The zero-order valence-electron chi connectivity index (χ0n) is 17.3. The molecule has 1 amide bonds. The second-order valence-electron chi connectivity index (χ2n) is 7.73. The SMILES string of the molecule is Cn1c(CCC(=O)Nc2ccccc2F)nc2cc(S(=O)(=O)N3CCCCC3)ccc21. The summed E-state index contributed by atoms with van der Waals surface area (Å²) in [7, 11) is -1.71. The van der Waals surface area contributed by atoms with Crippen LogP contribution in [0.3, 0.4) is 0 Å². The lowest BCUT2D eigenvalue weighted by molar-refractivity contribution is -0.116. The number of para-hydroxylation sites is 1. The van der Waals surface area contributed by atoms with Gasteiger partial charge in [0.15, 0.2) is 0 Å². The zero-order chi connectivity index (χ0) is 22.0. The maximum absolute atomic E-state index is 13.7. The lowest BCUT2D eigenvalue weighted by atomic mass is 10.2. The lowest BCUT2D eigenvalue weighted by Gasteiger charge is -2.25. The zero-order valence-corrected chi connectivity index (χ0v) is 18.2. The number of halogens is 1. The first-order chi connectivity index (χ1) is 14.9. The van der Waals surface area contributed by atoms with Gasteiger partial charge in [-0.05, 0) is 43.2 Å². The third-order valence-electron chi connectivity index (χ3n) is 5.62. The molecule has 0 atom stereocenters. The Bertz CT molecular complexity index is 1220. The molecule has 0 radical (unpaired) electrons.